The lowest BCUT2D eigenvalue weighted by Gasteiger charge is -2.12. The van der Waals surface area contributed by atoms with Gasteiger partial charge in [-0.3, -0.25) is 9.59 Å². The second kappa shape index (κ2) is 5.87. The topological polar surface area (TPSA) is 55.4 Å². The minimum atomic E-state index is -0.120. The number of fused-ring (bicyclic) bond motifs is 1. The van der Waals surface area contributed by atoms with Crippen LogP contribution in [0.3, 0.4) is 0 Å². The van der Waals surface area contributed by atoms with Crippen molar-refractivity contribution in [3.05, 3.63) is 29.3 Å². The standard InChI is InChI=1S/C15H19NO3/c1-3-10(2)16-15(18)9-19-12-5-6-13-11(8-12)4-7-14(13)17/h5-6,8,10H,3-4,7,9H2,1-2H3,(H,16,18). The number of benzene rings is 1. The van der Waals surface area contributed by atoms with Gasteiger partial charge in [0.1, 0.15) is 5.75 Å². The quantitative estimate of drug-likeness (QED) is 0.883. The lowest BCUT2D eigenvalue weighted by Crippen LogP contribution is -2.35. The molecule has 1 N–H and O–H groups in total. The van der Waals surface area contributed by atoms with Crippen LogP contribution in [0.15, 0.2) is 18.2 Å². The van der Waals surface area contributed by atoms with Crippen molar-refractivity contribution in [2.45, 2.75) is 39.2 Å². The summed E-state index contributed by atoms with van der Waals surface area (Å²) in [6, 6.07) is 5.55. The molecule has 1 amide bonds. The molecule has 2 rings (SSSR count). The summed E-state index contributed by atoms with van der Waals surface area (Å²) in [6.45, 7) is 3.99. The Morgan fingerprint density at radius 1 is 1.42 bits per heavy atom. The van der Waals surface area contributed by atoms with E-state index in [9.17, 15) is 9.59 Å². The van der Waals surface area contributed by atoms with Crippen molar-refractivity contribution in [3.63, 3.8) is 0 Å². The molecule has 0 fully saturated rings. The summed E-state index contributed by atoms with van der Waals surface area (Å²) >= 11 is 0. The molecule has 0 aromatic heterocycles. The molecule has 1 atom stereocenters. The summed E-state index contributed by atoms with van der Waals surface area (Å²) in [6.07, 6.45) is 2.24. The smallest absolute Gasteiger partial charge is 0.258 e. The fraction of sp³-hybridized carbons (Fsp3) is 0.467. The van der Waals surface area contributed by atoms with Crippen LogP contribution in [0.2, 0.25) is 0 Å². The predicted molar refractivity (Wildman–Crippen MR) is 72.5 cm³/mol. The normalized spacial score (nSPS) is 14.9. The Labute approximate surface area is 113 Å². The van der Waals surface area contributed by atoms with Crippen molar-refractivity contribution in [1.82, 2.24) is 5.32 Å². The van der Waals surface area contributed by atoms with Crippen molar-refractivity contribution in [1.29, 1.82) is 0 Å². The second-order valence-corrected chi connectivity index (χ2v) is 4.91. The maximum atomic E-state index is 11.6. The minimum Gasteiger partial charge on any atom is -0.484 e. The first-order chi connectivity index (χ1) is 9.10. The number of ketones is 1. The van der Waals surface area contributed by atoms with E-state index in [0.29, 0.717) is 12.2 Å². The van der Waals surface area contributed by atoms with E-state index in [1.165, 1.54) is 0 Å². The average Bonchev–Trinajstić information content (AvgIpc) is 2.77. The Morgan fingerprint density at radius 2 is 2.21 bits per heavy atom. The van der Waals surface area contributed by atoms with Gasteiger partial charge in [-0.1, -0.05) is 6.92 Å². The number of aryl methyl sites for hydroxylation is 1. The number of Topliss-reactive ketones (excluding diaryl/α,β-unsaturated/α-hetero) is 1. The predicted octanol–water partition coefficient (Wildman–Crippen LogP) is 2.11. The molecular weight excluding hydrogens is 242 g/mol. The molecule has 0 spiro atoms. The van der Waals surface area contributed by atoms with Crippen molar-refractivity contribution >= 4 is 11.7 Å². The van der Waals surface area contributed by atoms with Crippen LogP contribution in [0.25, 0.3) is 0 Å². The first-order valence-corrected chi connectivity index (χ1v) is 6.68. The maximum absolute atomic E-state index is 11.6. The molecule has 4 heteroatoms. The van der Waals surface area contributed by atoms with E-state index in [1.54, 1.807) is 12.1 Å². The molecule has 0 heterocycles. The Morgan fingerprint density at radius 3 is 2.95 bits per heavy atom. The van der Waals surface area contributed by atoms with Gasteiger partial charge in [-0.15, -0.1) is 0 Å². The van der Waals surface area contributed by atoms with Crippen LogP contribution in [-0.4, -0.2) is 24.3 Å². The van der Waals surface area contributed by atoms with E-state index in [-0.39, 0.29) is 24.3 Å². The molecule has 1 aliphatic carbocycles. The van der Waals surface area contributed by atoms with Gasteiger partial charge in [0.2, 0.25) is 0 Å². The van der Waals surface area contributed by atoms with Gasteiger partial charge >= 0.3 is 0 Å². The second-order valence-electron chi connectivity index (χ2n) is 4.91. The number of nitrogens with one attached hydrogen (secondary N) is 1. The fourth-order valence-electron chi connectivity index (χ4n) is 2.09. The molecule has 102 valence electrons. The third kappa shape index (κ3) is 3.34. The van der Waals surface area contributed by atoms with E-state index in [0.717, 1.165) is 24.0 Å². The van der Waals surface area contributed by atoms with Gasteiger partial charge in [0.05, 0.1) is 0 Å². The zero-order valence-corrected chi connectivity index (χ0v) is 11.4. The van der Waals surface area contributed by atoms with E-state index in [1.807, 2.05) is 19.9 Å². The zero-order valence-electron chi connectivity index (χ0n) is 11.4. The van der Waals surface area contributed by atoms with E-state index < -0.39 is 0 Å². The first kappa shape index (κ1) is 13.6. The van der Waals surface area contributed by atoms with Crippen LogP contribution >= 0.6 is 0 Å². The SMILES string of the molecule is CCC(C)NC(=O)COc1ccc2c(c1)CCC2=O. The van der Waals surface area contributed by atoms with Crippen LogP contribution in [0.4, 0.5) is 0 Å². The monoisotopic (exact) mass is 261 g/mol. The third-order valence-corrected chi connectivity index (χ3v) is 3.39. The summed E-state index contributed by atoms with van der Waals surface area (Å²) in [7, 11) is 0. The molecule has 0 saturated carbocycles. The Balaban J connectivity index is 1.90. The van der Waals surface area contributed by atoms with Gasteiger partial charge in [0.25, 0.3) is 5.91 Å². The van der Waals surface area contributed by atoms with Gasteiger partial charge in [-0.2, -0.15) is 0 Å². The van der Waals surface area contributed by atoms with Crippen LogP contribution in [0, 0.1) is 0 Å². The number of rotatable bonds is 5. The van der Waals surface area contributed by atoms with E-state index >= 15 is 0 Å². The number of carbonyl (C=O) groups excluding carboxylic acids is 2. The molecule has 1 unspecified atom stereocenters. The van der Waals surface area contributed by atoms with E-state index in [2.05, 4.69) is 5.32 Å². The summed E-state index contributed by atoms with van der Waals surface area (Å²) < 4.78 is 5.45. The van der Waals surface area contributed by atoms with Gasteiger partial charge in [-0.25, -0.2) is 0 Å². The fourth-order valence-corrected chi connectivity index (χ4v) is 2.09. The molecule has 19 heavy (non-hydrogen) atoms. The largest absolute Gasteiger partial charge is 0.484 e. The number of amides is 1. The van der Waals surface area contributed by atoms with Crippen molar-refractivity contribution in [2.75, 3.05) is 6.61 Å². The van der Waals surface area contributed by atoms with Gasteiger partial charge < -0.3 is 10.1 Å². The Hall–Kier alpha value is -1.84. The molecule has 4 nitrogen and oxygen atoms in total. The molecule has 0 bridgehead atoms. The Kier molecular flexibility index (Phi) is 4.20. The molecular formula is C15H19NO3. The highest BCUT2D eigenvalue weighted by Crippen LogP contribution is 2.25. The Bertz CT molecular complexity index is 496. The van der Waals surface area contributed by atoms with Crippen LogP contribution in [0.5, 0.6) is 5.75 Å². The van der Waals surface area contributed by atoms with Gasteiger partial charge in [0.15, 0.2) is 12.4 Å². The number of carbonyl (C=O) groups is 2. The molecule has 1 aliphatic rings. The van der Waals surface area contributed by atoms with Crippen LogP contribution in [0.1, 0.15) is 42.6 Å². The maximum Gasteiger partial charge on any atom is 0.258 e. The van der Waals surface area contributed by atoms with Gasteiger partial charge in [-0.05, 0) is 43.5 Å². The summed E-state index contributed by atoms with van der Waals surface area (Å²) in [5.41, 5.74) is 1.81. The first-order valence-electron chi connectivity index (χ1n) is 6.68. The minimum absolute atomic E-state index is 0.0110. The lowest BCUT2D eigenvalue weighted by molar-refractivity contribution is -0.123. The average molecular weight is 261 g/mol. The van der Waals surface area contributed by atoms with E-state index in [4.69, 9.17) is 4.74 Å². The molecule has 1 aromatic rings. The number of hydrogen-bond acceptors (Lipinski definition) is 3. The van der Waals surface area contributed by atoms with Gasteiger partial charge in [0, 0.05) is 18.0 Å². The van der Waals surface area contributed by atoms with Crippen molar-refractivity contribution in [2.24, 2.45) is 0 Å². The van der Waals surface area contributed by atoms with Crippen molar-refractivity contribution in [3.8, 4) is 5.75 Å². The molecule has 0 aliphatic heterocycles. The summed E-state index contributed by atoms with van der Waals surface area (Å²) in [5.74, 6) is 0.717. The van der Waals surface area contributed by atoms with Crippen molar-refractivity contribution < 1.29 is 14.3 Å². The third-order valence-electron chi connectivity index (χ3n) is 3.39. The highest BCUT2D eigenvalue weighted by atomic mass is 16.5. The highest BCUT2D eigenvalue weighted by Gasteiger charge is 2.19. The molecule has 1 aromatic carbocycles. The zero-order chi connectivity index (χ0) is 13.8. The number of hydrogen-bond donors (Lipinski definition) is 1. The summed E-state index contributed by atoms with van der Waals surface area (Å²) in [5, 5.41) is 2.84. The lowest BCUT2D eigenvalue weighted by atomic mass is 10.1. The molecule has 0 saturated heterocycles. The van der Waals surface area contributed by atoms with Crippen LogP contribution in [-0.2, 0) is 11.2 Å². The number of ether oxygens (including phenoxy) is 1. The highest BCUT2D eigenvalue weighted by molar-refractivity contribution is 6.00. The molecule has 0 radical (unpaired) electrons. The summed E-state index contributed by atoms with van der Waals surface area (Å²) in [4.78, 5) is 23.1. The van der Waals surface area contributed by atoms with Crippen LogP contribution < -0.4 is 10.1 Å².